The van der Waals surface area contributed by atoms with Gasteiger partial charge in [0.15, 0.2) is 11.6 Å². The molecule has 3 aromatic rings. The summed E-state index contributed by atoms with van der Waals surface area (Å²) >= 11 is 5.88. The number of fused-ring (bicyclic) bond motifs is 1. The number of benzene rings is 1. The van der Waals surface area contributed by atoms with Crippen molar-refractivity contribution in [1.29, 1.82) is 0 Å². The number of aromatic nitrogens is 2. The molecule has 6 nitrogen and oxygen atoms in total. The average Bonchev–Trinajstić information content (AvgIpc) is 3.03. The van der Waals surface area contributed by atoms with E-state index in [4.69, 9.17) is 16.3 Å². The molecule has 0 saturated heterocycles. The van der Waals surface area contributed by atoms with Crippen LogP contribution < -0.4 is 4.72 Å². The summed E-state index contributed by atoms with van der Waals surface area (Å²) in [6, 6.07) is 5.52. The molecule has 2 aromatic heterocycles. The summed E-state index contributed by atoms with van der Waals surface area (Å²) in [4.78, 5) is 6.07. The molecule has 0 saturated carbocycles. The van der Waals surface area contributed by atoms with E-state index in [1.165, 1.54) is 18.3 Å². The van der Waals surface area contributed by atoms with Gasteiger partial charge in [0.05, 0.1) is 6.61 Å². The van der Waals surface area contributed by atoms with Gasteiger partial charge in [0.25, 0.3) is 10.0 Å². The van der Waals surface area contributed by atoms with Crippen LogP contribution in [0, 0.1) is 11.8 Å². The van der Waals surface area contributed by atoms with Crippen molar-refractivity contribution in [3.05, 3.63) is 52.8 Å². The minimum atomic E-state index is -4.20. The number of rotatable bonds is 7. The van der Waals surface area contributed by atoms with Gasteiger partial charge >= 0.3 is 0 Å². The van der Waals surface area contributed by atoms with Gasteiger partial charge in [-0.2, -0.15) is 9.37 Å². The number of ether oxygens (including phenoxy) is 1. The number of sulfonamides is 1. The van der Waals surface area contributed by atoms with Crippen molar-refractivity contribution < 1.29 is 21.9 Å². The highest BCUT2D eigenvalue weighted by Gasteiger charge is 2.22. The van der Waals surface area contributed by atoms with Crippen molar-refractivity contribution in [2.45, 2.75) is 18.2 Å². The molecule has 10 heteroatoms. The van der Waals surface area contributed by atoms with Crippen LogP contribution in [-0.4, -0.2) is 31.6 Å². The summed E-state index contributed by atoms with van der Waals surface area (Å²) in [5.74, 6) is -2.65. The van der Waals surface area contributed by atoms with Gasteiger partial charge in [-0.15, -0.1) is 0 Å². The van der Waals surface area contributed by atoms with Gasteiger partial charge in [0.1, 0.15) is 4.90 Å². The zero-order valence-corrected chi connectivity index (χ0v) is 15.8. The number of nitrogens with zero attached hydrogens (tertiary/aromatic N) is 1. The van der Waals surface area contributed by atoms with Gasteiger partial charge in [-0.05, 0) is 31.2 Å². The third kappa shape index (κ3) is 4.20. The van der Waals surface area contributed by atoms with E-state index in [2.05, 4.69) is 9.97 Å². The van der Waals surface area contributed by atoms with Gasteiger partial charge in [0, 0.05) is 40.7 Å². The minimum Gasteiger partial charge on any atom is -0.381 e. The fourth-order valence-corrected chi connectivity index (χ4v) is 3.92. The largest absolute Gasteiger partial charge is 0.381 e. The van der Waals surface area contributed by atoms with Crippen molar-refractivity contribution in [3.8, 4) is 0 Å². The number of anilines is 1. The van der Waals surface area contributed by atoms with Crippen molar-refractivity contribution in [2.75, 3.05) is 17.9 Å². The molecule has 144 valence electrons. The van der Waals surface area contributed by atoms with Gasteiger partial charge in [-0.25, -0.2) is 12.8 Å². The molecule has 27 heavy (non-hydrogen) atoms. The second-order valence-corrected chi connectivity index (χ2v) is 7.75. The molecule has 0 fully saturated rings. The normalized spacial score (nSPS) is 11.9. The van der Waals surface area contributed by atoms with Gasteiger partial charge < -0.3 is 9.72 Å². The van der Waals surface area contributed by atoms with Crippen molar-refractivity contribution >= 4 is 38.3 Å². The van der Waals surface area contributed by atoms with Crippen molar-refractivity contribution in [2.24, 2.45) is 0 Å². The highest BCUT2D eigenvalue weighted by atomic mass is 35.5. The maximum Gasteiger partial charge on any atom is 0.265 e. The van der Waals surface area contributed by atoms with Crippen LogP contribution in [0.1, 0.15) is 12.5 Å². The molecule has 0 aliphatic rings. The lowest BCUT2D eigenvalue weighted by Crippen LogP contribution is -2.16. The van der Waals surface area contributed by atoms with Gasteiger partial charge in [0.2, 0.25) is 5.95 Å². The molecule has 1 aromatic carbocycles. The highest BCUT2D eigenvalue weighted by Crippen LogP contribution is 2.27. The molecule has 0 radical (unpaired) electrons. The number of pyridine rings is 1. The number of H-pyrrole nitrogens is 1. The van der Waals surface area contributed by atoms with Crippen LogP contribution in [0.25, 0.3) is 10.9 Å². The van der Waals surface area contributed by atoms with Gasteiger partial charge in [-0.1, -0.05) is 11.6 Å². The summed E-state index contributed by atoms with van der Waals surface area (Å²) in [6.45, 7) is 2.44. The molecule has 0 bridgehead atoms. The van der Waals surface area contributed by atoms with E-state index in [0.29, 0.717) is 22.5 Å². The summed E-state index contributed by atoms with van der Waals surface area (Å²) in [7, 11) is -4.20. The fraction of sp³-hybridized carbons (Fsp3) is 0.235. The van der Waals surface area contributed by atoms with E-state index in [9.17, 15) is 17.2 Å². The third-order valence-corrected chi connectivity index (χ3v) is 5.46. The molecule has 3 rings (SSSR count). The Kier molecular flexibility index (Phi) is 5.64. The summed E-state index contributed by atoms with van der Waals surface area (Å²) < 4.78 is 60.6. The molecular formula is C17H16ClF2N3O3S. The quantitative estimate of drug-likeness (QED) is 0.453. The Morgan fingerprint density at radius 2 is 2.07 bits per heavy atom. The second-order valence-electron chi connectivity index (χ2n) is 5.66. The number of hydrogen-bond donors (Lipinski definition) is 2. The first-order chi connectivity index (χ1) is 12.8. The SMILES string of the molecule is CCOCCc1cc(F)c(NS(=O)(=O)c2c[nH]c3cc(Cl)ccc23)nc1F. The highest BCUT2D eigenvalue weighted by molar-refractivity contribution is 7.93. The second kappa shape index (κ2) is 7.79. The molecule has 2 N–H and O–H groups in total. The Morgan fingerprint density at radius 1 is 1.30 bits per heavy atom. The van der Waals surface area contributed by atoms with Gasteiger partial charge in [-0.3, -0.25) is 4.72 Å². The predicted molar refractivity (Wildman–Crippen MR) is 98.5 cm³/mol. The number of aromatic amines is 1. The van der Waals surface area contributed by atoms with E-state index in [-0.39, 0.29) is 23.5 Å². The molecular weight excluding hydrogens is 400 g/mol. The minimum absolute atomic E-state index is 0.00522. The number of hydrogen-bond acceptors (Lipinski definition) is 4. The lowest BCUT2D eigenvalue weighted by Gasteiger charge is -2.10. The van der Waals surface area contributed by atoms with E-state index in [0.717, 1.165) is 6.07 Å². The standard InChI is InChI=1S/C17H16ClF2N3O3S/c1-2-26-6-5-10-7-13(19)17(22-16(10)20)23-27(24,25)15-9-21-14-8-11(18)3-4-12(14)15/h3-4,7-9,21H,2,5-6H2,1H3,(H,22,23). The Labute approximate surface area is 159 Å². The summed E-state index contributed by atoms with van der Waals surface area (Å²) in [5, 5.41) is 0.791. The first kappa shape index (κ1) is 19.5. The van der Waals surface area contributed by atoms with Crippen LogP contribution in [0.5, 0.6) is 0 Å². The molecule has 0 spiro atoms. The Balaban J connectivity index is 1.90. The third-order valence-electron chi connectivity index (χ3n) is 3.85. The Bertz CT molecular complexity index is 1090. The maximum atomic E-state index is 14.3. The van der Waals surface area contributed by atoms with Crippen LogP contribution in [0.4, 0.5) is 14.6 Å². The van der Waals surface area contributed by atoms with Crippen LogP contribution in [0.2, 0.25) is 5.02 Å². The topological polar surface area (TPSA) is 84.1 Å². The Morgan fingerprint density at radius 3 is 2.81 bits per heavy atom. The van der Waals surface area contributed by atoms with Crippen molar-refractivity contribution in [1.82, 2.24) is 9.97 Å². The predicted octanol–water partition coefficient (Wildman–Crippen LogP) is 3.87. The molecule has 0 unspecified atom stereocenters. The maximum absolute atomic E-state index is 14.3. The molecule has 0 amide bonds. The Hall–Kier alpha value is -2.23. The molecule has 0 atom stereocenters. The number of nitrogens with one attached hydrogen (secondary N) is 2. The van der Waals surface area contributed by atoms with Crippen LogP contribution in [-0.2, 0) is 21.2 Å². The van der Waals surface area contributed by atoms with E-state index >= 15 is 0 Å². The van der Waals surface area contributed by atoms with Crippen LogP contribution in [0.3, 0.4) is 0 Å². The van der Waals surface area contributed by atoms with Crippen LogP contribution >= 0.6 is 11.6 Å². The monoisotopic (exact) mass is 415 g/mol. The zero-order valence-electron chi connectivity index (χ0n) is 14.2. The van der Waals surface area contributed by atoms with E-state index < -0.39 is 27.6 Å². The van der Waals surface area contributed by atoms with E-state index in [1.807, 2.05) is 4.72 Å². The zero-order chi connectivity index (χ0) is 19.6. The number of halogens is 3. The lowest BCUT2D eigenvalue weighted by molar-refractivity contribution is 0.150. The lowest BCUT2D eigenvalue weighted by atomic mass is 10.2. The summed E-state index contributed by atoms with van der Waals surface area (Å²) in [5.41, 5.74) is 0.499. The molecule has 0 aliphatic carbocycles. The van der Waals surface area contributed by atoms with Crippen molar-refractivity contribution in [3.63, 3.8) is 0 Å². The molecule has 2 heterocycles. The first-order valence-electron chi connectivity index (χ1n) is 8.04. The molecule has 0 aliphatic heterocycles. The van der Waals surface area contributed by atoms with Crippen LogP contribution in [0.15, 0.2) is 35.4 Å². The summed E-state index contributed by atoms with van der Waals surface area (Å²) in [6.07, 6.45) is 1.37. The smallest absolute Gasteiger partial charge is 0.265 e. The van der Waals surface area contributed by atoms with E-state index in [1.54, 1.807) is 13.0 Å². The first-order valence-corrected chi connectivity index (χ1v) is 9.90. The fourth-order valence-electron chi connectivity index (χ4n) is 2.55. The average molecular weight is 416 g/mol.